The monoisotopic (exact) mass is 511 g/mol. The van der Waals surface area contributed by atoms with Gasteiger partial charge in [0, 0.05) is 23.7 Å². The van der Waals surface area contributed by atoms with E-state index >= 15 is 0 Å². The summed E-state index contributed by atoms with van der Waals surface area (Å²) < 4.78 is 2.14. The number of pyridine rings is 2. The van der Waals surface area contributed by atoms with E-state index in [2.05, 4.69) is 73.5 Å². The van der Waals surface area contributed by atoms with Gasteiger partial charge < -0.3 is 4.57 Å². The normalized spacial score (nSPS) is 11.1. The molecule has 0 aliphatic heterocycles. The molecule has 0 aliphatic carbocycles. The van der Waals surface area contributed by atoms with E-state index in [1.807, 2.05) is 42.5 Å². The zero-order chi connectivity index (χ0) is 26.6. The highest BCUT2D eigenvalue weighted by atomic mass is 15.5. The van der Waals surface area contributed by atoms with E-state index in [4.69, 9.17) is 9.97 Å². The van der Waals surface area contributed by atoms with Gasteiger partial charge in [0.2, 0.25) is 5.82 Å². The van der Waals surface area contributed by atoms with Crippen LogP contribution in [0.5, 0.6) is 0 Å². The number of tetrazole rings is 1. The number of nitrogens with zero attached hydrogens (tertiary/aromatic N) is 8. The number of H-pyrrole nitrogens is 1. The van der Waals surface area contributed by atoms with Crippen LogP contribution in [0.1, 0.15) is 36.8 Å². The molecule has 6 aromatic rings. The number of imidazole rings is 1. The van der Waals surface area contributed by atoms with Gasteiger partial charge in [-0.05, 0) is 46.5 Å². The summed E-state index contributed by atoms with van der Waals surface area (Å²) in [6.07, 6.45) is 4.64. The molecule has 9 heteroatoms. The van der Waals surface area contributed by atoms with Gasteiger partial charge in [-0.1, -0.05) is 67.9 Å². The van der Waals surface area contributed by atoms with Crippen LogP contribution in [0.3, 0.4) is 0 Å². The second-order valence-corrected chi connectivity index (χ2v) is 9.25. The smallest absolute Gasteiger partial charge is 0.205 e. The lowest BCUT2D eigenvalue weighted by molar-refractivity contribution is 0.686. The van der Waals surface area contributed by atoms with Crippen molar-refractivity contribution >= 4 is 11.2 Å². The molecule has 0 bridgehead atoms. The molecule has 9 nitrogen and oxygen atoms in total. The van der Waals surface area contributed by atoms with Crippen LogP contribution in [-0.2, 0) is 13.0 Å². The quantitative estimate of drug-likeness (QED) is 0.282. The minimum Gasteiger partial charge on any atom is -0.308 e. The molecular formula is C30H25N9. The number of nitriles is 1. The van der Waals surface area contributed by atoms with Crippen molar-refractivity contribution in [3.05, 3.63) is 96.1 Å². The number of hydrogen-bond donors (Lipinski definition) is 1. The lowest BCUT2D eigenvalue weighted by Gasteiger charge is -2.11. The Morgan fingerprint density at radius 1 is 0.923 bits per heavy atom. The number of nitrogens with one attached hydrogen (secondary N) is 1. The largest absolute Gasteiger partial charge is 0.308 e. The van der Waals surface area contributed by atoms with Crippen LogP contribution < -0.4 is 0 Å². The topological polar surface area (TPSA) is 122 Å². The van der Waals surface area contributed by atoms with Crippen molar-refractivity contribution in [2.45, 2.75) is 32.7 Å². The van der Waals surface area contributed by atoms with Crippen molar-refractivity contribution in [1.29, 1.82) is 5.26 Å². The lowest BCUT2D eigenvalue weighted by Crippen LogP contribution is -2.07. The maximum atomic E-state index is 9.91. The SMILES string of the molecule is CCCCc1nc2cc(-c3ccccn3)c(C#N)nc2n1Cc1ccc(-c2ccccc2-c2nn[nH]n2)cc1. The molecule has 0 fully saturated rings. The third-order valence-electron chi connectivity index (χ3n) is 6.72. The third-order valence-corrected chi connectivity index (χ3v) is 6.72. The molecule has 0 aliphatic rings. The lowest BCUT2D eigenvalue weighted by atomic mass is 9.98. The van der Waals surface area contributed by atoms with Crippen LogP contribution in [0.25, 0.3) is 44.9 Å². The fourth-order valence-corrected chi connectivity index (χ4v) is 4.77. The standard InChI is InChI=1S/C30H25N9/c1-2-3-11-28-33-26-17-24(25-10-6-7-16-32-25)27(18-31)34-30(26)39(28)19-20-12-14-21(15-13-20)22-8-4-5-9-23(22)29-35-37-38-36-29/h4-10,12-17H,2-3,11,19H2,1H3,(H,35,36,37,38). The minimum atomic E-state index is 0.345. The zero-order valence-electron chi connectivity index (χ0n) is 21.4. The van der Waals surface area contributed by atoms with Crippen molar-refractivity contribution < 1.29 is 0 Å². The van der Waals surface area contributed by atoms with E-state index in [1.54, 1.807) is 6.20 Å². The summed E-state index contributed by atoms with van der Waals surface area (Å²) in [5, 5.41) is 24.4. The van der Waals surface area contributed by atoms with Crippen molar-refractivity contribution in [1.82, 2.24) is 40.1 Å². The van der Waals surface area contributed by atoms with Crippen molar-refractivity contribution in [3.8, 4) is 39.8 Å². The van der Waals surface area contributed by atoms with Crippen molar-refractivity contribution in [2.24, 2.45) is 0 Å². The van der Waals surface area contributed by atoms with Crippen LogP contribution in [0.2, 0.25) is 0 Å². The van der Waals surface area contributed by atoms with Gasteiger partial charge in [0.1, 0.15) is 17.4 Å². The van der Waals surface area contributed by atoms with Crippen molar-refractivity contribution in [2.75, 3.05) is 0 Å². The van der Waals surface area contributed by atoms with Crippen molar-refractivity contribution in [3.63, 3.8) is 0 Å². The summed E-state index contributed by atoms with van der Waals surface area (Å²) >= 11 is 0. The Morgan fingerprint density at radius 3 is 2.46 bits per heavy atom. The van der Waals surface area contributed by atoms with Crippen LogP contribution >= 0.6 is 0 Å². The van der Waals surface area contributed by atoms with Crippen LogP contribution in [0, 0.1) is 11.3 Å². The van der Waals surface area contributed by atoms with Gasteiger partial charge in [-0.3, -0.25) is 4.98 Å². The van der Waals surface area contributed by atoms with E-state index in [0.717, 1.165) is 52.9 Å². The Balaban J connectivity index is 1.38. The van der Waals surface area contributed by atoms with Gasteiger partial charge >= 0.3 is 0 Å². The predicted octanol–water partition coefficient (Wildman–Crippen LogP) is 5.60. The highest BCUT2D eigenvalue weighted by molar-refractivity contribution is 5.82. The molecule has 6 rings (SSSR count). The maximum Gasteiger partial charge on any atom is 0.205 e. The number of aromatic nitrogens is 8. The molecule has 0 spiro atoms. The number of aryl methyl sites for hydroxylation is 1. The van der Waals surface area contributed by atoms with Crippen LogP contribution in [0.15, 0.2) is 79.0 Å². The molecule has 0 amide bonds. The molecule has 0 atom stereocenters. The highest BCUT2D eigenvalue weighted by Crippen LogP contribution is 2.31. The van der Waals surface area contributed by atoms with E-state index < -0.39 is 0 Å². The van der Waals surface area contributed by atoms with Gasteiger partial charge in [0.15, 0.2) is 11.3 Å². The second-order valence-electron chi connectivity index (χ2n) is 9.25. The van der Waals surface area contributed by atoms with Crippen LogP contribution in [0.4, 0.5) is 0 Å². The minimum absolute atomic E-state index is 0.345. The Kier molecular flexibility index (Phi) is 6.58. The molecule has 39 heavy (non-hydrogen) atoms. The molecule has 4 aromatic heterocycles. The predicted molar refractivity (Wildman–Crippen MR) is 148 cm³/mol. The second kappa shape index (κ2) is 10.6. The first-order valence-corrected chi connectivity index (χ1v) is 12.9. The molecule has 0 radical (unpaired) electrons. The Morgan fingerprint density at radius 2 is 1.74 bits per heavy atom. The summed E-state index contributed by atoms with van der Waals surface area (Å²) in [4.78, 5) is 14.2. The number of rotatable bonds is 8. The molecule has 1 N–H and O–H groups in total. The average Bonchev–Trinajstić information content (AvgIpc) is 3.65. The van der Waals surface area contributed by atoms with Gasteiger partial charge in [-0.15, -0.1) is 10.2 Å². The van der Waals surface area contributed by atoms with E-state index in [0.29, 0.717) is 35.0 Å². The number of benzene rings is 2. The molecule has 0 unspecified atom stereocenters. The molecular weight excluding hydrogens is 486 g/mol. The van der Waals surface area contributed by atoms with Gasteiger partial charge in [0.05, 0.1) is 12.2 Å². The molecule has 0 saturated heterocycles. The third kappa shape index (κ3) is 4.76. The van der Waals surface area contributed by atoms with E-state index in [9.17, 15) is 5.26 Å². The number of hydrogen-bond acceptors (Lipinski definition) is 7. The Labute approximate surface area is 225 Å². The molecule has 2 aromatic carbocycles. The number of aromatic amines is 1. The number of unbranched alkanes of at least 4 members (excludes halogenated alkanes) is 1. The summed E-state index contributed by atoms with van der Waals surface area (Å²) in [5.41, 5.74) is 7.36. The number of fused-ring (bicyclic) bond motifs is 1. The fraction of sp³-hybridized carbons (Fsp3) is 0.167. The van der Waals surface area contributed by atoms with Gasteiger partial charge in [-0.2, -0.15) is 10.5 Å². The zero-order valence-corrected chi connectivity index (χ0v) is 21.4. The summed E-state index contributed by atoms with van der Waals surface area (Å²) in [6.45, 7) is 2.77. The van der Waals surface area contributed by atoms with Gasteiger partial charge in [0.25, 0.3) is 0 Å². The van der Waals surface area contributed by atoms with E-state index in [-0.39, 0.29) is 0 Å². The Hall–Kier alpha value is -5.23. The first-order chi connectivity index (χ1) is 19.2. The first kappa shape index (κ1) is 24.1. The first-order valence-electron chi connectivity index (χ1n) is 12.9. The molecule has 190 valence electrons. The summed E-state index contributed by atoms with van der Waals surface area (Å²) in [6, 6.07) is 26.3. The molecule has 4 heterocycles. The van der Waals surface area contributed by atoms with Crippen LogP contribution in [-0.4, -0.2) is 40.1 Å². The highest BCUT2D eigenvalue weighted by Gasteiger charge is 2.18. The van der Waals surface area contributed by atoms with Gasteiger partial charge in [-0.25, -0.2) is 9.97 Å². The fourth-order valence-electron chi connectivity index (χ4n) is 4.77. The van der Waals surface area contributed by atoms with E-state index in [1.165, 1.54) is 0 Å². The summed E-state index contributed by atoms with van der Waals surface area (Å²) in [7, 11) is 0. The molecule has 0 saturated carbocycles. The average molecular weight is 512 g/mol. The summed E-state index contributed by atoms with van der Waals surface area (Å²) in [5.74, 6) is 1.53. The maximum absolute atomic E-state index is 9.91. The Bertz CT molecular complexity index is 1760.